The molecule has 0 aromatic carbocycles. The summed E-state index contributed by atoms with van der Waals surface area (Å²) in [4.78, 5) is 6.71. The van der Waals surface area contributed by atoms with Crippen LogP contribution in [0.1, 0.15) is 37.6 Å². The van der Waals surface area contributed by atoms with Crippen LogP contribution in [-0.2, 0) is 6.42 Å². The third-order valence-electron chi connectivity index (χ3n) is 2.74. The molecule has 0 bridgehead atoms. The zero-order valence-electron chi connectivity index (χ0n) is 9.05. The Bertz CT molecular complexity index is 300. The quantitative estimate of drug-likeness (QED) is 0.740. The van der Waals surface area contributed by atoms with E-state index in [2.05, 4.69) is 16.8 Å². The summed E-state index contributed by atoms with van der Waals surface area (Å²) in [6.45, 7) is 6.41. The van der Waals surface area contributed by atoms with Gasteiger partial charge in [-0.05, 0) is 26.2 Å². The maximum absolute atomic E-state index is 5.75. The first kappa shape index (κ1) is 9.56. The lowest BCUT2D eigenvalue weighted by Gasteiger charge is -2.10. The Morgan fingerprint density at radius 3 is 2.71 bits per heavy atom. The number of nitrogens with zero attached hydrogens (tertiary/aromatic N) is 2. The number of rotatable bonds is 3. The van der Waals surface area contributed by atoms with Gasteiger partial charge < -0.3 is 9.32 Å². The lowest BCUT2D eigenvalue weighted by Crippen LogP contribution is -2.17. The maximum atomic E-state index is 5.75. The molecule has 1 saturated heterocycles. The van der Waals surface area contributed by atoms with Crippen LogP contribution in [-0.4, -0.2) is 18.1 Å². The van der Waals surface area contributed by atoms with Gasteiger partial charge in [0, 0.05) is 19.5 Å². The molecule has 1 fully saturated rings. The van der Waals surface area contributed by atoms with Crippen LogP contribution >= 0.6 is 0 Å². The third-order valence-corrected chi connectivity index (χ3v) is 2.74. The van der Waals surface area contributed by atoms with Crippen molar-refractivity contribution in [1.29, 1.82) is 0 Å². The molecule has 1 aromatic rings. The molecule has 3 heteroatoms. The first-order chi connectivity index (χ1) is 6.81. The summed E-state index contributed by atoms with van der Waals surface area (Å²) < 4.78 is 5.75. The van der Waals surface area contributed by atoms with E-state index in [9.17, 15) is 0 Å². The highest BCUT2D eigenvalue weighted by molar-refractivity contribution is 5.30. The summed E-state index contributed by atoms with van der Waals surface area (Å²) in [5.74, 6) is 1.06. The van der Waals surface area contributed by atoms with Crippen molar-refractivity contribution in [3.05, 3.63) is 11.5 Å². The molecule has 1 aliphatic rings. The fourth-order valence-electron chi connectivity index (χ4n) is 1.92. The van der Waals surface area contributed by atoms with Crippen LogP contribution in [0.2, 0.25) is 0 Å². The molecule has 2 rings (SSSR count). The second-order valence-electron chi connectivity index (χ2n) is 3.95. The molecular formula is C11H18N2O. The minimum absolute atomic E-state index is 0.837. The van der Waals surface area contributed by atoms with Gasteiger partial charge in [-0.3, -0.25) is 0 Å². The topological polar surface area (TPSA) is 29.3 Å². The highest BCUT2D eigenvalue weighted by Crippen LogP contribution is 2.22. The van der Waals surface area contributed by atoms with Gasteiger partial charge in [-0.25, -0.2) is 0 Å². The van der Waals surface area contributed by atoms with Crippen molar-refractivity contribution in [2.75, 3.05) is 18.0 Å². The van der Waals surface area contributed by atoms with Gasteiger partial charge in [0.15, 0.2) is 0 Å². The second-order valence-corrected chi connectivity index (χ2v) is 3.95. The van der Waals surface area contributed by atoms with Gasteiger partial charge in [0.05, 0.1) is 5.69 Å². The number of oxazole rings is 1. The van der Waals surface area contributed by atoms with Crippen molar-refractivity contribution in [1.82, 2.24) is 4.98 Å². The molecule has 0 N–H and O–H groups in total. The van der Waals surface area contributed by atoms with Crippen LogP contribution < -0.4 is 4.90 Å². The fourth-order valence-corrected chi connectivity index (χ4v) is 1.92. The van der Waals surface area contributed by atoms with Gasteiger partial charge in [-0.2, -0.15) is 4.98 Å². The van der Waals surface area contributed by atoms with Crippen LogP contribution in [0.3, 0.4) is 0 Å². The first-order valence-electron chi connectivity index (χ1n) is 5.52. The Kier molecular flexibility index (Phi) is 2.75. The number of aromatic nitrogens is 1. The van der Waals surface area contributed by atoms with E-state index in [1.165, 1.54) is 12.8 Å². The van der Waals surface area contributed by atoms with Gasteiger partial charge in [-0.1, -0.05) is 6.92 Å². The average molecular weight is 194 g/mol. The molecule has 0 atom stereocenters. The Hall–Kier alpha value is -0.990. The molecular weight excluding hydrogens is 176 g/mol. The Morgan fingerprint density at radius 2 is 2.07 bits per heavy atom. The molecule has 0 radical (unpaired) electrons. The molecule has 0 saturated carbocycles. The van der Waals surface area contributed by atoms with Crippen LogP contribution in [0.4, 0.5) is 6.01 Å². The molecule has 0 unspecified atom stereocenters. The van der Waals surface area contributed by atoms with Crippen LogP contribution in [0.15, 0.2) is 4.42 Å². The van der Waals surface area contributed by atoms with E-state index in [0.717, 1.165) is 43.4 Å². The van der Waals surface area contributed by atoms with Crippen LogP contribution in [0, 0.1) is 6.92 Å². The highest BCUT2D eigenvalue weighted by Gasteiger charge is 2.18. The molecule has 2 heterocycles. The van der Waals surface area contributed by atoms with Gasteiger partial charge in [-0.15, -0.1) is 0 Å². The highest BCUT2D eigenvalue weighted by atomic mass is 16.4. The van der Waals surface area contributed by atoms with Gasteiger partial charge >= 0.3 is 0 Å². The zero-order valence-corrected chi connectivity index (χ0v) is 9.05. The molecule has 0 spiro atoms. The largest absolute Gasteiger partial charge is 0.428 e. The standard InChI is InChI=1S/C11H18N2O/c1-3-6-10-9(2)12-11(14-10)13-7-4-5-8-13/h3-8H2,1-2H3. The van der Waals surface area contributed by atoms with E-state index in [1.54, 1.807) is 0 Å². The Labute approximate surface area is 85.1 Å². The monoisotopic (exact) mass is 194 g/mol. The minimum atomic E-state index is 0.837. The smallest absolute Gasteiger partial charge is 0.297 e. The summed E-state index contributed by atoms with van der Waals surface area (Å²) in [5, 5.41) is 0. The van der Waals surface area contributed by atoms with E-state index in [0.29, 0.717) is 0 Å². The summed E-state index contributed by atoms with van der Waals surface area (Å²) in [7, 11) is 0. The summed E-state index contributed by atoms with van der Waals surface area (Å²) in [6.07, 6.45) is 4.66. The molecule has 1 aliphatic heterocycles. The number of anilines is 1. The minimum Gasteiger partial charge on any atom is -0.428 e. The van der Waals surface area contributed by atoms with Crippen LogP contribution in [0.5, 0.6) is 0 Å². The van der Waals surface area contributed by atoms with Crippen molar-refractivity contribution >= 4 is 6.01 Å². The van der Waals surface area contributed by atoms with E-state index in [-0.39, 0.29) is 0 Å². The maximum Gasteiger partial charge on any atom is 0.297 e. The number of hydrogen-bond donors (Lipinski definition) is 0. The predicted octanol–water partition coefficient (Wildman–Crippen LogP) is 2.54. The Morgan fingerprint density at radius 1 is 1.36 bits per heavy atom. The van der Waals surface area contributed by atoms with E-state index in [4.69, 9.17) is 4.42 Å². The fraction of sp³-hybridized carbons (Fsp3) is 0.727. The second kappa shape index (κ2) is 4.03. The Balaban J connectivity index is 2.14. The molecule has 3 nitrogen and oxygen atoms in total. The molecule has 1 aromatic heterocycles. The summed E-state index contributed by atoms with van der Waals surface area (Å²) in [5.41, 5.74) is 1.06. The molecule has 0 amide bonds. The predicted molar refractivity (Wildman–Crippen MR) is 56.7 cm³/mol. The van der Waals surface area contributed by atoms with E-state index in [1.807, 2.05) is 6.92 Å². The lowest BCUT2D eigenvalue weighted by atomic mass is 10.2. The van der Waals surface area contributed by atoms with Gasteiger partial charge in [0.1, 0.15) is 5.76 Å². The third kappa shape index (κ3) is 1.76. The molecule has 14 heavy (non-hydrogen) atoms. The lowest BCUT2D eigenvalue weighted by molar-refractivity contribution is 0.495. The number of hydrogen-bond acceptors (Lipinski definition) is 3. The van der Waals surface area contributed by atoms with Crippen molar-refractivity contribution in [3.8, 4) is 0 Å². The normalized spacial score (nSPS) is 16.6. The van der Waals surface area contributed by atoms with E-state index < -0.39 is 0 Å². The van der Waals surface area contributed by atoms with Crippen molar-refractivity contribution in [2.45, 2.75) is 39.5 Å². The number of aryl methyl sites for hydroxylation is 2. The van der Waals surface area contributed by atoms with Crippen molar-refractivity contribution in [2.24, 2.45) is 0 Å². The SMILES string of the molecule is CCCc1oc(N2CCCC2)nc1C. The average Bonchev–Trinajstić information content (AvgIpc) is 2.76. The van der Waals surface area contributed by atoms with Crippen LogP contribution in [0.25, 0.3) is 0 Å². The van der Waals surface area contributed by atoms with Gasteiger partial charge in [0.2, 0.25) is 0 Å². The zero-order chi connectivity index (χ0) is 9.97. The van der Waals surface area contributed by atoms with Crippen molar-refractivity contribution in [3.63, 3.8) is 0 Å². The van der Waals surface area contributed by atoms with Crippen molar-refractivity contribution < 1.29 is 4.42 Å². The summed E-state index contributed by atoms with van der Waals surface area (Å²) in [6, 6.07) is 0.837. The first-order valence-corrected chi connectivity index (χ1v) is 5.52. The summed E-state index contributed by atoms with van der Waals surface area (Å²) >= 11 is 0. The molecule has 78 valence electrons. The molecule has 0 aliphatic carbocycles. The van der Waals surface area contributed by atoms with Gasteiger partial charge in [0.25, 0.3) is 6.01 Å². The van der Waals surface area contributed by atoms with E-state index >= 15 is 0 Å².